The van der Waals surface area contributed by atoms with Gasteiger partial charge >= 0.3 is 0 Å². The van der Waals surface area contributed by atoms with Gasteiger partial charge in [0.25, 0.3) is 0 Å². The summed E-state index contributed by atoms with van der Waals surface area (Å²) in [4.78, 5) is 10.8. The van der Waals surface area contributed by atoms with Crippen LogP contribution in [0, 0.1) is 5.92 Å². The van der Waals surface area contributed by atoms with E-state index >= 15 is 0 Å². The van der Waals surface area contributed by atoms with Gasteiger partial charge in [-0.25, -0.2) is 0 Å². The second-order valence-electron chi connectivity index (χ2n) is 2.58. The van der Waals surface area contributed by atoms with Crippen molar-refractivity contribution in [1.29, 1.82) is 0 Å². The molecule has 0 amide bonds. The van der Waals surface area contributed by atoms with Gasteiger partial charge < -0.3 is 5.73 Å². The van der Waals surface area contributed by atoms with E-state index in [1.165, 1.54) is 0 Å². The van der Waals surface area contributed by atoms with E-state index in [1.54, 1.807) is 6.92 Å². The van der Waals surface area contributed by atoms with Crippen LogP contribution in [0.5, 0.6) is 0 Å². The lowest BCUT2D eigenvalue weighted by Crippen LogP contribution is -2.12. The second kappa shape index (κ2) is 4.09. The first-order chi connectivity index (χ1) is 4.57. The number of Topliss-reactive ketones (excluding diaryl/α,β-unsaturated/α-hetero) is 1. The molecule has 0 aliphatic heterocycles. The maximum atomic E-state index is 10.8. The Kier molecular flexibility index (Phi) is 3.77. The molecule has 2 N–H and O–H groups in total. The quantitative estimate of drug-likeness (QED) is 0.644. The molecule has 0 rings (SSSR count). The van der Waals surface area contributed by atoms with Crippen molar-refractivity contribution in [1.82, 2.24) is 0 Å². The fourth-order valence-corrected chi connectivity index (χ4v) is 0.892. The summed E-state index contributed by atoms with van der Waals surface area (Å²) in [6, 6.07) is 0. The van der Waals surface area contributed by atoms with Gasteiger partial charge in [-0.05, 0) is 19.8 Å². The molecule has 0 aromatic heterocycles. The van der Waals surface area contributed by atoms with Crippen molar-refractivity contribution >= 4 is 5.78 Å². The zero-order valence-electron chi connectivity index (χ0n) is 6.68. The van der Waals surface area contributed by atoms with Crippen molar-refractivity contribution in [3.63, 3.8) is 0 Å². The Morgan fingerprint density at radius 2 is 2.20 bits per heavy atom. The second-order valence-corrected chi connectivity index (χ2v) is 2.58. The monoisotopic (exact) mass is 141 g/mol. The lowest BCUT2D eigenvalue weighted by Gasteiger charge is -2.09. The molecule has 2 heteroatoms. The highest BCUT2D eigenvalue weighted by Crippen LogP contribution is 2.11. The van der Waals surface area contributed by atoms with Crippen LogP contribution in [0.2, 0.25) is 0 Å². The third-order valence-electron chi connectivity index (χ3n) is 1.58. The average molecular weight is 141 g/mol. The van der Waals surface area contributed by atoms with Crippen LogP contribution >= 0.6 is 0 Å². The molecule has 0 aliphatic carbocycles. The third kappa shape index (κ3) is 3.28. The van der Waals surface area contributed by atoms with E-state index in [0.29, 0.717) is 12.1 Å². The summed E-state index contributed by atoms with van der Waals surface area (Å²) < 4.78 is 0. The molecular formula is C8H15NO. The van der Waals surface area contributed by atoms with Crippen molar-refractivity contribution in [2.45, 2.75) is 26.7 Å². The van der Waals surface area contributed by atoms with Gasteiger partial charge in [0.05, 0.1) is 0 Å². The maximum absolute atomic E-state index is 10.8. The highest BCUT2D eigenvalue weighted by Gasteiger charge is 2.10. The van der Waals surface area contributed by atoms with Crippen LogP contribution < -0.4 is 5.73 Å². The molecule has 0 heterocycles. The molecule has 0 aromatic rings. The van der Waals surface area contributed by atoms with E-state index in [0.717, 1.165) is 6.42 Å². The minimum absolute atomic E-state index is 0.0810. The highest BCUT2D eigenvalue weighted by molar-refractivity contribution is 5.78. The van der Waals surface area contributed by atoms with Crippen LogP contribution in [0.15, 0.2) is 12.3 Å². The third-order valence-corrected chi connectivity index (χ3v) is 1.58. The molecule has 0 aliphatic rings. The predicted octanol–water partition coefficient (Wildman–Crippen LogP) is 1.46. The minimum atomic E-state index is 0.0810. The number of hydrogen-bond acceptors (Lipinski definition) is 2. The Hall–Kier alpha value is -0.790. The molecule has 0 saturated heterocycles. The zero-order chi connectivity index (χ0) is 8.15. The van der Waals surface area contributed by atoms with Crippen LogP contribution in [0.1, 0.15) is 26.7 Å². The highest BCUT2D eigenvalue weighted by atomic mass is 16.1. The zero-order valence-corrected chi connectivity index (χ0v) is 6.68. The van der Waals surface area contributed by atoms with E-state index in [1.807, 2.05) is 6.92 Å². The summed E-state index contributed by atoms with van der Waals surface area (Å²) in [5, 5.41) is 0. The molecule has 1 atom stereocenters. The van der Waals surface area contributed by atoms with Crippen LogP contribution in [0.25, 0.3) is 0 Å². The van der Waals surface area contributed by atoms with E-state index < -0.39 is 0 Å². The number of ketones is 1. The Bertz CT molecular complexity index is 140. The largest absolute Gasteiger partial charge is 0.402 e. The molecular weight excluding hydrogens is 126 g/mol. The van der Waals surface area contributed by atoms with Crippen molar-refractivity contribution in [3.8, 4) is 0 Å². The van der Waals surface area contributed by atoms with Crippen molar-refractivity contribution in [3.05, 3.63) is 12.3 Å². The summed E-state index contributed by atoms with van der Waals surface area (Å²) in [6.45, 7) is 7.13. The number of allylic oxidation sites excluding steroid dienone is 1. The summed E-state index contributed by atoms with van der Waals surface area (Å²) in [5.41, 5.74) is 5.96. The molecule has 0 saturated carbocycles. The van der Waals surface area contributed by atoms with Gasteiger partial charge in [-0.3, -0.25) is 4.79 Å². The normalized spacial score (nSPS) is 12.6. The Labute approximate surface area is 62.1 Å². The van der Waals surface area contributed by atoms with Gasteiger partial charge in [-0.1, -0.05) is 13.5 Å². The predicted molar refractivity (Wildman–Crippen MR) is 42.4 cm³/mol. The first kappa shape index (κ1) is 9.21. The number of rotatable bonds is 4. The van der Waals surface area contributed by atoms with Crippen LogP contribution in [-0.2, 0) is 4.79 Å². The van der Waals surface area contributed by atoms with Crippen molar-refractivity contribution in [2.24, 2.45) is 11.7 Å². The van der Waals surface area contributed by atoms with E-state index in [4.69, 9.17) is 5.73 Å². The Balaban J connectivity index is 3.83. The maximum Gasteiger partial charge on any atom is 0.133 e. The van der Waals surface area contributed by atoms with Gasteiger partial charge in [0, 0.05) is 11.6 Å². The van der Waals surface area contributed by atoms with Crippen LogP contribution in [0.3, 0.4) is 0 Å². The van der Waals surface area contributed by atoms with Crippen LogP contribution in [0.4, 0.5) is 0 Å². The average Bonchev–Trinajstić information content (AvgIpc) is 1.81. The molecule has 2 nitrogen and oxygen atoms in total. The van der Waals surface area contributed by atoms with Crippen molar-refractivity contribution < 1.29 is 4.79 Å². The molecule has 58 valence electrons. The van der Waals surface area contributed by atoms with Gasteiger partial charge in [0.15, 0.2) is 0 Å². The van der Waals surface area contributed by atoms with E-state index in [2.05, 4.69) is 6.58 Å². The SMILES string of the molecule is C=C(N)C[C@H](CC)C(C)=O. The summed E-state index contributed by atoms with van der Waals surface area (Å²) >= 11 is 0. The molecule has 0 fully saturated rings. The lowest BCUT2D eigenvalue weighted by molar-refractivity contribution is -0.120. The lowest BCUT2D eigenvalue weighted by atomic mass is 9.97. The van der Waals surface area contributed by atoms with Crippen molar-refractivity contribution in [2.75, 3.05) is 0 Å². The van der Waals surface area contributed by atoms with Crippen LogP contribution in [-0.4, -0.2) is 5.78 Å². The Morgan fingerprint density at radius 1 is 1.70 bits per heavy atom. The fraction of sp³-hybridized carbons (Fsp3) is 0.625. The molecule has 0 bridgehead atoms. The number of hydrogen-bond donors (Lipinski definition) is 1. The number of nitrogens with two attached hydrogens (primary N) is 1. The molecule has 10 heavy (non-hydrogen) atoms. The fourth-order valence-electron chi connectivity index (χ4n) is 0.892. The smallest absolute Gasteiger partial charge is 0.133 e. The summed E-state index contributed by atoms with van der Waals surface area (Å²) in [6.07, 6.45) is 1.48. The number of carbonyl (C=O) groups is 1. The number of carbonyl (C=O) groups excluding carboxylic acids is 1. The first-order valence-corrected chi connectivity index (χ1v) is 3.51. The van der Waals surface area contributed by atoms with E-state index in [9.17, 15) is 4.79 Å². The van der Waals surface area contributed by atoms with Gasteiger partial charge in [-0.15, -0.1) is 0 Å². The molecule has 0 unspecified atom stereocenters. The van der Waals surface area contributed by atoms with Gasteiger partial charge in [0.2, 0.25) is 0 Å². The topological polar surface area (TPSA) is 43.1 Å². The van der Waals surface area contributed by atoms with Gasteiger partial charge in [0.1, 0.15) is 5.78 Å². The molecule has 0 spiro atoms. The molecule has 0 aromatic carbocycles. The van der Waals surface area contributed by atoms with E-state index in [-0.39, 0.29) is 11.7 Å². The summed E-state index contributed by atoms with van der Waals surface area (Å²) in [7, 11) is 0. The van der Waals surface area contributed by atoms with Gasteiger partial charge in [-0.2, -0.15) is 0 Å². The Morgan fingerprint density at radius 3 is 2.30 bits per heavy atom. The standard InChI is InChI=1S/C8H15NO/c1-4-8(7(3)10)5-6(2)9/h8H,2,4-5,9H2,1,3H3/t8-/m0/s1. The minimum Gasteiger partial charge on any atom is -0.402 e. The molecule has 0 radical (unpaired) electrons. The first-order valence-electron chi connectivity index (χ1n) is 3.51. The summed E-state index contributed by atoms with van der Waals surface area (Å²) in [5.74, 6) is 0.284.